The van der Waals surface area contributed by atoms with Crippen LogP contribution in [0, 0.1) is 0 Å². The average Bonchev–Trinajstić information content (AvgIpc) is 3.09. The molecule has 0 aliphatic heterocycles. The zero-order valence-corrected chi connectivity index (χ0v) is 31.2. The first-order chi connectivity index (χ1) is 24.6. The highest BCUT2D eigenvalue weighted by molar-refractivity contribution is 7.85. The third-order valence-corrected chi connectivity index (χ3v) is 8.67. The van der Waals surface area contributed by atoms with Crippen LogP contribution < -0.4 is 21.3 Å². The molecule has 1 aromatic rings. The van der Waals surface area contributed by atoms with Gasteiger partial charge in [0.25, 0.3) is 10.1 Å². The quantitative estimate of drug-likeness (QED) is 0.0221. The van der Waals surface area contributed by atoms with E-state index in [2.05, 4.69) is 21.3 Å². The fourth-order valence-electron chi connectivity index (χ4n) is 4.52. The second kappa shape index (κ2) is 25.9. The largest absolute Gasteiger partial charge is 0.362 e. The average molecular weight is 776 g/mol. The number of thiocarbonyl (C=S) groups is 1. The van der Waals surface area contributed by atoms with E-state index in [0.29, 0.717) is 103 Å². The van der Waals surface area contributed by atoms with Gasteiger partial charge in [-0.05, 0) is 94.3 Å². The number of unbranched alkanes of at least 4 members (excludes halogenated alkanes) is 6. The number of amides is 5. The fraction of sp³-hybridized carbons (Fsp3) is 0.625. The number of hydrogen-bond acceptors (Lipinski definition) is 11. The molecule has 52 heavy (non-hydrogen) atoms. The van der Waals surface area contributed by atoms with Crippen LogP contribution in [0.2, 0.25) is 0 Å². The molecule has 0 aliphatic rings. The van der Waals surface area contributed by atoms with Crippen LogP contribution in [0.4, 0.5) is 5.69 Å². The molecular formula is C32H53N7O11S2. The summed E-state index contributed by atoms with van der Waals surface area (Å²) in [5, 5.41) is 42.6. The Morgan fingerprint density at radius 1 is 0.615 bits per heavy atom. The number of benzene rings is 1. The highest BCUT2D eigenvalue weighted by Crippen LogP contribution is 2.13. The Bertz CT molecular complexity index is 1400. The van der Waals surface area contributed by atoms with Crippen LogP contribution in [-0.4, -0.2) is 118 Å². The molecule has 0 saturated heterocycles. The van der Waals surface area contributed by atoms with Gasteiger partial charge in [0.05, 0.1) is 4.90 Å². The third kappa shape index (κ3) is 22.1. The molecule has 0 spiro atoms. The first kappa shape index (κ1) is 46.1. The van der Waals surface area contributed by atoms with Crippen LogP contribution in [0.1, 0.15) is 90.4 Å². The Kier molecular flexibility index (Phi) is 23.0. The lowest BCUT2D eigenvalue weighted by Crippen LogP contribution is -2.31. The molecule has 18 nitrogen and oxygen atoms in total. The van der Waals surface area contributed by atoms with Gasteiger partial charge in [0.2, 0.25) is 29.5 Å². The summed E-state index contributed by atoms with van der Waals surface area (Å²) in [6.07, 6.45) is 5.08. The molecule has 0 radical (unpaired) electrons. The van der Waals surface area contributed by atoms with E-state index < -0.39 is 27.8 Å². The number of rotatable bonds is 26. The van der Waals surface area contributed by atoms with E-state index in [-0.39, 0.29) is 62.0 Å². The summed E-state index contributed by atoms with van der Waals surface area (Å²) in [6, 6.07) is 5.41. The van der Waals surface area contributed by atoms with Crippen LogP contribution >= 0.6 is 12.2 Å². The number of carbonyl (C=O) groups is 5. The number of anilines is 1. The minimum Gasteiger partial charge on any atom is -0.362 e. The Balaban J connectivity index is 2.03. The first-order valence-electron chi connectivity index (χ1n) is 17.2. The lowest BCUT2D eigenvalue weighted by Gasteiger charge is -2.15. The van der Waals surface area contributed by atoms with Gasteiger partial charge in [-0.1, -0.05) is 0 Å². The Hall–Kier alpha value is -3.95. The van der Waals surface area contributed by atoms with Crippen molar-refractivity contribution < 1.29 is 52.6 Å². The second-order valence-electron chi connectivity index (χ2n) is 11.9. The molecule has 0 saturated carbocycles. The van der Waals surface area contributed by atoms with Crippen molar-refractivity contribution in [3.8, 4) is 0 Å². The summed E-state index contributed by atoms with van der Waals surface area (Å²) >= 11 is 5.19. The molecule has 5 amide bonds. The fourth-order valence-corrected chi connectivity index (χ4v) is 5.22. The van der Waals surface area contributed by atoms with Crippen molar-refractivity contribution in [2.24, 2.45) is 0 Å². The Labute approximate surface area is 309 Å². The smallest absolute Gasteiger partial charge is 0.294 e. The van der Waals surface area contributed by atoms with Crippen molar-refractivity contribution in [2.75, 3.05) is 44.6 Å². The maximum absolute atomic E-state index is 12.2. The van der Waals surface area contributed by atoms with Gasteiger partial charge in [-0.3, -0.25) is 44.1 Å². The van der Waals surface area contributed by atoms with Crippen molar-refractivity contribution in [2.45, 2.75) is 95.3 Å². The summed E-state index contributed by atoms with van der Waals surface area (Å²) in [4.78, 5) is 58.9. The summed E-state index contributed by atoms with van der Waals surface area (Å²) in [7, 11) is -4.27. The van der Waals surface area contributed by atoms with Crippen molar-refractivity contribution in [1.29, 1.82) is 0 Å². The van der Waals surface area contributed by atoms with Gasteiger partial charge in [-0.15, -0.1) is 0 Å². The van der Waals surface area contributed by atoms with E-state index in [4.69, 9.17) is 16.8 Å². The van der Waals surface area contributed by atoms with Gasteiger partial charge in [0.1, 0.15) is 0 Å². The summed E-state index contributed by atoms with van der Waals surface area (Å²) in [6.45, 7) is 2.94. The molecule has 1 rings (SSSR count). The molecule has 0 fully saturated rings. The molecule has 0 atom stereocenters. The Morgan fingerprint density at radius 2 is 1.02 bits per heavy atom. The summed E-state index contributed by atoms with van der Waals surface area (Å²) in [5.74, 6) is -2.23. The summed E-state index contributed by atoms with van der Waals surface area (Å²) < 4.78 is 31.2. The lowest BCUT2D eigenvalue weighted by molar-refractivity contribution is -0.166. The van der Waals surface area contributed by atoms with Gasteiger partial charge >= 0.3 is 0 Å². The first-order valence-corrected chi connectivity index (χ1v) is 19.1. The topological polar surface area (TPSA) is 258 Å². The number of hydrogen-bond donors (Lipinski definition) is 8. The number of nitrogens with zero attached hydrogens (tertiary/aromatic N) is 3. The molecule has 0 unspecified atom stereocenters. The van der Waals surface area contributed by atoms with Gasteiger partial charge in [0.15, 0.2) is 5.11 Å². The highest BCUT2D eigenvalue weighted by Gasteiger charge is 2.15. The van der Waals surface area contributed by atoms with E-state index in [0.717, 1.165) is 0 Å². The van der Waals surface area contributed by atoms with Gasteiger partial charge in [0, 0.05) is 77.6 Å². The number of nitrogens with one attached hydrogen (secondary N) is 4. The van der Waals surface area contributed by atoms with E-state index in [1.165, 1.54) is 31.2 Å². The Morgan fingerprint density at radius 3 is 1.42 bits per heavy atom. The minimum absolute atomic E-state index is 0.0644. The van der Waals surface area contributed by atoms with E-state index in [9.17, 15) is 48.0 Å². The van der Waals surface area contributed by atoms with Gasteiger partial charge in [-0.25, -0.2) is 15.2 Å². The molecule has 8 N–H and O–H groups in total. The van der Waals surface area contributed by atoms with Crippen molar-refractivity contribution >= 4 is 62.7 Å². The molecule has 0 aliphatic carbocycles. The molecular weight excluding hydrogens is 723 g/mol. The van der Waals surface area contributed by atoms with Crippen LogP contribution in [-0.2, 0) is 34.1 Å². The zero-order chi connectivity index (χ0) is 38.9. The van der Waals surface area contributed by atoms with Crippen LogP contribution in [0.3, 0.4) is 0 Å². The maximum Gasteiger partial charge on any atom is 0.294 e. The van der Waals surface area contributed by atoms with Gasteiger partial charge in [-0.2, -0.15) is 8.42 Å². The van der Waals surface area contributed by atoms with Crippen molar-refractivity contribution in [3.05, 3.63) is 24.3 Å². The molecule has 294 valence electrons. The highest BCUT2D eigenvalue weighted by atomic mass is 32.2. The second-order valence-corrected chi connectivity index (χ2v) is 13.8. The van der Waals surface area contributed by atoms with Crippen molar-refractivity contribution in [1.82, 2.24) is 31.1 Å². The normalized spacial score (nSPS) is 10.9. The standard InChI is InChI=1S/C32H53N7O11S2/c1-25(40)37(45)22-8-2-5-19-33-28(41)15-17-30(43)38(46)23-9-3-6-20-34-29(42)16-18-31(44)39(47)24-10-4-7-21-35-32(51)36-26-11-13-27(14-12-26)52(48,49)50/h11-14,45-47H,2-10,15-24H2,1H3,(H,33,41)(H,34,42)(H2,35,36,51)(H,48,49,50). The third-order valence-electron chi connectivity index (χ3n) is 7.55. The monoisotopic (exact) mass is 775 g/mol. The van der Waals surface area contributed by atoms with E-state index in [1.807, 2.05) is 0 Å². The van der Waals surface area contributed by atoms with Crippen LogP contribution in [0.5, 0.6) is 0 Å². The molecule has 0 bridgehead atoms. The van der Waals surface area contributed by atoms with Crippen LogP contribution in [0.25, 0.3) is 0 Å². The van der Waals surface area contributed by atoms with Crippen molar-refractivity contribution in [3.63, 3.8) is 0 Å². The SMILES string of the molecule is CC(=O)N(O)CCCCCNC(=O)CCC(=O)N(O)CCCCCNC(=O)CCC(=O)N(O)CCCCCNC(=S)Nc1ccc(S(=O)(=O)O)cc1. The van der Waals surface area contributed by atoms with E-state index in [1.54, 1.807) is 0 Å². The molecule has 20 heteroatoms. The lowest BCUT2D eigenvalue weighted by atomic mass is 10.2. The number of carbonyl (C=O) groups excluding carboxylic acids is 5. The maximum atomic E-state index is 12.2. The molecule has 0 aromatic heterocycles. The minimum atomic E-state index is -4.27. The zero-order valence-electron chi connectivity index (χ0n) is 29.5. The molecule has 0 heterocycles. The predicted octanol–water partition coefficient (Wildman–Crippen LogP) is 2.20. The molecule has 1 aromatic carbocycles. The number of hydroxylamine groups is 6. The van der Waals surface area contributed by atoms with Gasteiger partial charge < -0.3 is 21.3 Å². The predicted molar refractivity (Wildman–Crippen MR) is 193 cm³/mol. The van der Waals surface area contributed by atoms with Crippen LogP contribution in [0.15, 0.2) is 29.2 Å². The van der Waals surface area contributed by atoms with E-state index >= 15 is 0 Å². The summed E-state index contributed by atoms with van der Waals surface area (Å²) in [5.41, 5.74) is 0.538.